The molecule has 1 amide bonds. The molecule has 2 bridgehead atoms. The van der Waals surface area contributed by atoms with Crippen molar-refractivity contribution in [3.8, 4) is 0 Å². The Hall–Kier alpha value is -0.530. The molecule has 2 heteroatoms. The second-order valence-electron chi connectivity index (χ2n) is 4.92. The first-order chi connectivity index (χ1) is 5.51. The van der Waals surface area contributed by atoms with Crippen molar-refractivity contribution in [2.24, 2.45) is 17.3 Å². The summed E-state index contributed by atoms with van der Waals surface area (Å²) in [5, 5.41) is 3.05. The topological polar surface area (TPSA) is 29.1 Å². The van der Waals surface area contributed by atoms with E-state index in [1.807, 2.05) is 0 Å². The molecule has 2 aliphatic heterocycles. The monoisotopic (exact) mass is 167 g/mol. The van der Waals surface area contributed by atoms with Gasteiger partial charge in [-0.25, -0.2) is 0 Å². The van der Waals surface area contributed by atoms with Gasteiger partial charge in [0.15, 0.2) is 0 Å². The van der Waals surface area contributed by atoms with Crippen LogP contribution in [0.1, 0.15) is 33.6 Å². The van der Waals surface area contributed by atoms with Gasteiger partial charge in [-0.05, 0) is 30.6 Å². The van der Waals surface area contributed by atoms with Crippen molar-refractivity contribution >= 4 is 5.91 Å². The van der Waals surface area contributed by atoms with Crippen molar-refractivity contribution in [1.82, 2.24) is 5.32 Å². The summed E-state index contributed by atoms with van der Waals surface area (Å²) in [5.74, 6) is 1.59. The fourth-order valence-corrected chi connectivity index (χ4v) is 2.89. The third kappa shape index (κ3) is 0.900. The number of nitrogens with one attached hydrogen (secondary N) is 1. The average Bonchev–Trinajstić information content (AvgIpc) is 2.14. The molecule has 68 valence electrons. The maximum Gasteiger partial charge on any atom is 0.220 e. The van der Waals surface area contributed by atoms with Crippen molar-refractivity contribution in [2.75, 3.05) is 0 Å². The Labute approximate surface area is 73.7 Å². The minimum atomic E-state index is 0.251. The van der Waals surface area contributed by atoms with E-state index in [2.05, 4.69) is 26.1 Å². The molecule has 1 aliphatic carbocycles. The fourth-order valence-electron chi connectivity index (χ4n) is 2.89. The largest absolute Gasteiger partial charge is 0.353 e. The van der Waals surface area contributed by atoms with Crippen molar-refractivity contribution in [1.29, 1.82) is 0 Å². The van der Waals surface area contributed by atoms with E-state index in [0.717, 1.165) is 6.42 Å². The normalized spacial score (nSPS) is 44.2. The highest BCUT2D eigenvalue weighted by molar-refractivity contribution is 5.77. The predicted molar refractivity (Wildman–Crippen MR) is 47.6 cm³/mol. The molecule has 2 unspecified atom stereocenters. The van der Waals surface area contributed by atoms with Gasteiger partial charge in [-0.3, -0.25) is 4.79 Å². The number of hydrogen-bond acceptors (Lipinski definition) is 1. The van der Waals surface area contributed by atoms with Crippen LogP contribution in [-0.4, -0.2) is 11.9 Å². The summed E-state index contributed by atoms with van der Waals surface area (Å²) in [6.45, 7) is 6.72. The van der Waals surface area contributed by atoms with Gasteiger partial charge in [0, 0.05) is 12.5 Å². The SMILES string of the molecule is C[C@H]1NC(=O)CC2CC1C2(C)C. The van der Waals surface area contributed by atoms with Crippen LogP contribution < -0.4 is 5.32 Å². The quantitative estimate of drug-likeness (QED) is 0.583. The second-order valence-corrected chi connectivity index (χ2v) is 4.92. The van der Waals surface area contributed by atoms with E-state index in [1.54, 1.807) is 0 Å². The Morgan fingerprint density at radius 1 is 1.50 bits per heavy atom. The maximum absolute atomic E-state index is 11.3. The summed E-state index contributed by atoms with van der Waals surface area (Å²) in [7, 11) is 0. The lowest BCUT2D eigenvalue weighted by Crippen LogP contribution is -2.49. The highest BCUT2D eigenvalue weighted by Gasteiger charge is 2.52. The van der Waals surface area contributed by atoms with E-state index >= 15 is 0 Å². The summed E-state index contributed by atoms with van der Waals surface area (Å²) in [6, 6.07) is 0.381. The average molecular weight is 167 g/mol. The zero-order chi connectivity index (χ0) is 8.93. The van der Waals surface area contributed by atoms with E-state index in [0.29, 0.717) is 23.3 Å². The van der Waals surface area contributed by atoms with Crippen molar-refractivity contribution in [3.63, 3.8) is 0 Å². The van der Waals surface area contributed by atoms with Gasteiger partial charge < -0.3 is 5.32 Å². The molecule has 1 N–H and O–H groups in total. The third-order valence-corrected chi connectivity index (χ3v) is 3.97. The Bertz CT molecular complexity index is 222. The third-order valence-electron chi connectivity index (χ3n) is 3.97. The van der Waals surface area contributed by atoms with Gasteiger partial charge in [0.25, 0.3) is 0 Å². The number of hydrogen-bond donors (Lipinski definition) is 1. The van der Waals surface area contributed by atoms with Gasteiger partial charge in [0.2, 0.25) is 5.91 Å². The molecule has 12 heavy (non-hydrogen) atoms. The smallest absolute Gasteiger partial charge is 0.220 e. The van der Waals surface area contributed by atoms with Crippen molar-refractivity contribution in [3.05, 3.63) is 0 Å². The van der Waals surface area contributed by atoms with Crippen molar-refractivity contribution in [2.45, 2.75) is 39.7 Å². The van der Waals surface area contributed by atoms with Gasteiger partial charge in [0.1, 0.15) is 0 Å². The number of amides is 1. The van der Waals surface area contributed by atoms with Gasteiger partial charge in [-0.2, -0.15) is 0 Å². The zero-order valence-corrected chi connectivity index (χ0v) is 8.05. The molecule has 3 aliphatic rings. The van der Waals surface area contributed by atoms with Crippen LogP contribution in [0.15, 0.2) is 0 Å². The lowest BCUT2D eigenvalue weighted by atomic mass is 9.53. The van der Waals surface area contributed by atoms with Crippen LogP contribution in [0.2, 0.25) is 0 Å². The van der Waals surface area contributed by atoms with E-state index < -0.39 is 0 Å². The molecule has 0 aromatic rings. The highest BCUT2D eigenvalue weighted by atomic mass is 16.1. The summed E-state index contributed by atoms with van der Waals surface area (Å²) < 4.78 is 0. The lowest BCUT2D eigenvalue weighted by molar-refractivity contribution is -0.122. The Morgan fingerprint density at radius 2 is 2.17 bits per heavy atom. The van der Waals surface area contributed by atoms with E-state index in [1.165, 1.54) is 6.42 Å². The Kier molecular flexibility index (Phi) is 1.51. The Balaban J connectivity index is 2.23. The number of carbonyl (C=O) groups excluding carboxylic acids is 1. The minimum Gasteiger partial charge on any atom is -0.353 e. The Morgan fingerprint density at radius 3 is 2.75 bits per heavy atom. The molecule has 2 nitrogen and oxygen atoms in total. The number of carbonyl (C=O) groups is 1. The molecule has 0 aromatic heterocycles. The molecular weight excluding hydrogens is 150 g/mol. The first-order valence-corrected chi connectivity index (χ1v) is 4.81. The molecule has 0 aromatic carbocycles. The van der Waals surface area contributed by atoms with E-state index in [4.69, 9.17) is 0 Å². The first kappa shape index (κ1) is 8.09. The summed E-state index contributed by atoms with van der Waals surface area (Å²) in [5.41, 5.74) is 0.387. The molecule has 2 heterocycles. The number of rotatable bonds is 0. The van der Waals surface area contributed by atoms with Gasteiger partial charge in [-0.1, -0.05) is 13.8 Å². The first-order valence-electron chi connectivity index (χ1n) is 4.81. The van der Waals surface area contributed by atoms with Crippen LogP contribution in [-0.2, 0) is 4.79 Å². The minimum absolute atomic E-state index is 0.251. The van der Waals surface area contributed by atoms with Crippen molar-refractivity contribution < 1.29 is 4.79 Å². The maximum atomic E-state index is 11.3. The van der Waals surface area contributed by atoms with Gasteiger partial charge >= 0.3 is 0 Å². The molecule has 3 rings (SSSR count). The molecule has 0 radical (unpaired) electrons. The van der Waals surface area contributed by atoms with Crippen LogP contribution in [0.3, 0.4) is 0 Å². The van der Waals surface area contributed by atoms with Crippen LogP contribution in [0.25, 0.3) is 0 Å². The second kappa shape index (κ2) is 2.24. The number of fused-ring (bicyclic) bond motifs is 3. The summed E-state index contributed by atoms with van der Waals surface area (Å²) >= 11 is 0. The predicted octanol–water partition coefficient (Wildman–Crippen LogP) is 1.56. The molecule has 2 saturated heterocycles. The van der Waals surface area contributed by atoms with Crippen LogP contribution in [0.4, 0.5) is 0 Å². The molecule has 1 saturated carbocycles. The van der Waals surface area contributed by atoms with E-state index in [-0.39, 0.29) is 5.91 Å². The standard InChI is InChI=1S/C10H17NO/c1-6-8-4-7(10(8,2)3)5-9(12)11-6/h6-8H,4-5H2,1-3H3,(H,11,12)/t6-,7?,8?/m1/s1. The molecule has 3 fully saturated rings. The van der Waals surface area contributed by atoms with Crippen LogP contribution in [0, 0.1) is 17.3 Å². The fraction of sp³-hybridized carbons (Fsp3) is 0.900. The molecule has 0 spiro atoms. The summed E-state index contributed by atoms with van der Waals surface area (Å²) in [4.78, 5) is 11.3. The zero-order valence-electron chi connectivity index (χ0n) is 8.05. The van der Waals surface area contributed by atoms with Gasteiger partial charge in [0.05, 0.1) is 0 Å². The van der Waals surface area contributed by atoms with Crippen LogP contribution >= 0.6 is 0 Å². The van der Waals surface area contributed by atoms with Gasteiger partial charge in [-0.15, -0.1) is 0 Å². The van der Waals surface area contributed by atoms with E-state index in [9.17, 15) is 4.79 Å². The van der Waals surface area contributed by atoms with Crippen LogP contribution in [0.5, 0.6) is 0 Å². The molecular formula is C10H17NO. The highest BCUT2D eigenvalue weighted by Crippen LogP contribution is 2.55. The summed E-state index contributed by atoms with van der Waals surface area (Å²) in [6.07, 6.45) is 1.99. The lowest BCUT2D eigenvalue weighted by Gasteiger charge is -2.52. The molecule has 3 atom stereocenters.